The number of carbonyl (C=O) groups is 1. The van der Waals surface area contributed by atoms with Crippen LogP contribution < -0.4 is 0 Å². The second-order valence-electron chi connectivity index (χ2n) is 3.51. The second-order valence-corrected chi connectivity index (χ2v) is 3.51. The molecule has 0 bridgehead atoms. The highest BCUT2D eigenvalue weighted by Crippen LogP contribution is 2.29. The van der Waals surface area contributed by atoms with Gasteiger partial charge in [0.1, 0.15) is 0 Å². The highest BCUT2D eigenvalue weighted by Gasteiger charge is 2.15. The minimum Gasteiger partial charge on any atom is -0.478 e. The van der Waals surface area contributed by atoms with E-state index < -0.39 is 5.97 Å². The van der Waals surface area contributed by atoms with Crippen molar-refractivity contribution in [2.75, 3.05) is 0 Å². The molecule has 2 heteroatoms. The first-order valence-corrected chi connectivity index (χ1v) is 4.64. The molecule has 0 aliphatic heterocycles. The van der Waals surface area contributed by atoms with Crippen LogP contribution in [0, 0.1) is 5.92 Å². The monoisotopic (exact) mass is 168 g/mol. The predicted octanol–water partition coefficient (Wildman–Crippen LogP) is 2.60. The van der Waals surface area contributed by atoms with Crippen molar-refractivity contribution < 1.29 is 9.90 Å². The SMILES string of the molecule is CCC1CCC/C(=C/C(=O)O)C1. The number of allylic oxidation sites excluding steroid dienone is 1. The molecular weight excluding hydrogens is 152 g/mol. The predicted molar refractivity (Wildman–Crippen MR) is 48.0 cm³/mol. The smallest absolute Gasteiger partial charge is 0.328 e. The molecule has 1 unspecified atom stereocenters. The van der Waals surface area contributed by atoms with Gasteiger partial charge in [0.05, 0.1) is 0 Å². The topological polar surface area (TPSA) is 37.3 Å². The standard InChI is InChI=1S/C10H16O2/c1-2-8-4-3-5-9(6-8)7-10(11)12/h7-8H,2-6H2,1H3,(H,11,12)/b9-7-. The van der Waals surface area contributed by atoms with Crippen LogP contribution in [0.5, 0.6) is 0 Å². The van der Waals surface area contributed by atoms with E-state index in [9.17, 15) is 4.79 Å². The average Bonchev–Trinajstić information content (AvgIpc) is 2.03. The summed E-state index contributed by atoms with van der Waals surface area (Å²) in [7, 11) is 0. The van der Waals surface area contributed by atoms with Crippen LogP contribution in [0.25, 0.3) is 0 Å². The Morgan fingerprint density at radius 3 is 3.08 bits per heavy atom. The molecule has 1 rings (SSSR count). The molecule has 0 aromatic carbocycles. The Balaban J connectivity index is 2.51. The van der Waals surface area contributed by atoms with Gasteiger partial charge in [-0.25, -0.2) is 4.79 Å². The van der Waals surface area contributed by atoms with Gasteiger partial charge in [-0.15, -0.1) is 0 Å². The lowest BCUT2D eigenvalue weighted by molar-refractivity contribution is -0.131. The van der Waals surface area contributed by atoms with Gasteiger partial charge in [0.25, 0.3) is 0 Å². The van der Waals surface area contributed by atoms with Gasteiger partial charge in [-0.3, -0.25) is 0 Å². The zero-order valence-corrected chi connectivity index (χ0v) is 7.55. The van der Waals surface area contributed by atoms with E-state index in [0.717, 1.165) is 30.8 Å². The Hall–Kier alpha value is -0.790. The highest BCUT2D eigenvalue weighted by molar-refractivity contribution is 5.80. The van der Waals surface area contributed by atoms with E-state index in [4.69, 9.17) is 5.11 Å². The normalized spacial score (nSPS) is 27.4. The van der Waals surface area contributed by atoms with E-state index in [-0.39, 0.29) is 0 Å². The van der Waals surface area contributed by atoms with E-state index in [1.807, 2.05) is 0 Å². The molecule has 0 saturated heterocycles. The Kier molecular flexibility index (Phi) is 3.32. The van der Waals surface area contributed by atoms with Crippen molar-refractivity contribution in [2.45, 2.75) is 39.0 Å². The maximum Gasteiger partial charge on any atom is 0.328 e. The quantitative estimate of drug-likeness (QED) is 0.643. The zero-order valence-electron chi connectivity index (χ0n) is 7.55. The molecule has 1 atom stereocenters. The Morgan fingerprint density at radius 1 is 1.75 bits per heavy atom. The van der Waals surface area contributed by atoms with Gasteiger partial charge in [-0.05, 0) is 31.6 Å². The fourth-order valence-electron chi connectivity index (χ4n) is 1.85. The van der Waals surface area contributed by atoms with Crippen molar-refractivity contribution in [3.05, 3.63) is 11.6 Å². The minimum atomic E-state index is -0.790. The van der Waals surface area contributed by atoms with E-state index in [1.54, 1.807) is 0 Å². The molecule has 1 fully saturated rings. The van der Waals surface area contributed by atoms with Crippen LogP contribution in [0.4, 0.5) is 0 Å². The Labute approximate surface area is 73.3 Å². The summed E-state index contributed by atoms with van der Waals surface area (Å²) in [6.45, 7) is 2.17. The Bertz CT molecular complexity index is 194. The summed E-state index contributed by atoms with van der Waals surface area (Å²) < 4.78 is 0. The van der Waals surface area contributed by atoms with Gasteiger partial charge in [0.15, 0.2) is 0 Å². The molecule has 0 aromatic rings. The average molecular weight is 168 g/mol. The van der Waals surface area contributed by atoms with Gasteiger partial charge < -0.3 is 5.11 Å². The maximum absolute atomic E-state index is 10.4. The number of hydrogen-bond donors (Lipinski definition) is 1. The largest absolute Gasteiger partial charge is 0.478 e. The van der Waals surface area contributed by atoms with Crippen LogP contribution in [0.15, 0.2) is 11.6 Å². The van der Waals surface area contributed by atoms with Crippen LogP contribution in [0.2, 0.25) is 0 Å². The third-order valence-electron chi connectivity index (χ3n) is 2.57. The van der Waals surface area contributed by atoms with Gasteiger partial charge >= 0.3 is 5.97 Å². The minimum absolute atomic E-state index is 0.726. The zero-order chi connectivity index (χ0) is 8.97. The number of aliphatic carboxylic acids is 1. The number of carboxylic acids is 1. The lowest BCUT2D eigenvalue weighted by Gasteiger charge is -2.22. The molecule has 2 nitrogen and oxygen atoms in total. The highest BCUT2D eigenvalue weighted by atomic mass is 16.4. The number of carboxylic acid groups (broad SMARTS) is 1. The molecule has 0 spiro atoms. The molecule has 1 N–H and O–H groups in total. The lowest BCUT2D eigenvalue weighted by Crippen LogP contribution is -2.08. The second kappa shape index (κ2) is 4.29. The van der Waals surface area contributed by atoms with Gasteiger partial charge in [0.2, 0.25) is 0 Å². The van der Waals surface area contributed by atoms with Gasteiger partial charge in [-0.1, -0.05) is 18.9 Å². The molecule has 0 heterocycles. The van der Waals surface area contributed by atoms with Gasteiger partial charge in [-0.2, -0.15) is 0 Å². The molecule has 1 aliphatic rings. The fraction of sp³-hybridized carbons (Fsp3) is 0.700. The van der Waals surface area contributed by atoms with E-state index in [2.05, 4.69) is 6.92 Å². The van der Waals surface area contributed by atoms with Crippen LogP contribution in [-0.4, -0.2) is 11.1 Å². The van der Waals surface area contributed by atoms with Crippen LogP contribution in [0.1, 0.15) is 39.0 Å². The van der Waals surface area contributed by atoms with Crippen molar-refractivity contribution in [3.63, 3.8) is 0 Å². The maximum atomic E-state index is 10.4. The molecular formula is C10H16O2. The van der Waals surface area contributed by atoms with Crippen molar-refractivity contribution in [1.82, 2.24) is 0 Å². The summed E-state index contributed by atoms with van der Waals surface area (Å²) >= 11 is 0. The van der Waals surface area contributed by atoms with E-state index >= 15 is 0 Å². The first kappa shape index (κ1) is 9.30. The molecule has 1 saturated carbocycles. The Morgan fingerprint density at radius 2 is 2.50 bits per heavy atom. The number of hydrogen-bond acceptors (Lipinski definition) is 1. The summed E-state index contributed by atoms with van der Waals surface area (Å²) in [5, 5.41) is 8.55. The van der Waals surface area contributed by atoms with E-state index in [1.165, 1.54) is 18.9 Å². The molecule has 1 aliphatic carbocycles. The van der Waals surface area contributed by atoms with Crippen molar-refractivity contribution in [2.24, 2.45) is 5.92 Å². The van der Waals surface area contributed by atoms with Crippen LogP contribution >= 0.6 is 0 Å². The van der Waals surface area contributed by atoms with Crippen molar-refractivity contribution in [1.29, 1.82) is 0 Å². The first-order valence-electron chi connectivity index (χ1n) is 4.64. The molecule has 0 aromatic heterocycles. The third kappa shape index (κ3) is 2.68. The lowest BCUT2D eigenvalue weighted by atomic mass is 9.84. The van der Waals surface area contributed by atoms with E-state index in [0.29, 0.717) is 0 Å². The van der Waals surface area contributed by atoms with Gasteiger partial charge in [0, 0.05) is 6.08 Å². The summed E-state index contributed by atoms with van der Waals surface area (Å²) in [5.74, 6) is -0.0638. The fourth-order valence-corrected chi connectivity index (χ4v) is 1.85. The first-order chi connectivity index (χ1) is 5.72. The summed E-state index contributed by atoms with van der Waals surface area (Å²) in [5.41, 5.74) is 1.13. The molecule has 0 amide bonds. The summed E-state index contributed by atoms with van der Waals surface area (Å²) in [6, 6.07) is 0. The van der Waals surface area contributed by atoms with Crippen LogP contribution in [0.3, 0.4) is 0 Å². The molecule has 68 valence electrons. The third-order valence-corrected chi connectivity index (χ3v) is 2.57. The van der Waals surface area contributed by atoms with Crippen LogP contribution in [-0.2, 0) is 4.79 Å². The summed E-state index contributed by atoms with van der Waals surface area (Å²) in [6.07, 6.45) is 7.00. The van der Waals surface area contributed by atoms with Crippen molar-refractivity contribution >= 4 is 5.97 Å². The number of rotatable bonds is 2. The molecule has 12 heavy (non-hydrogen) atoms. The molecule has 0 radical (unpaired) electrons. The van der Waals surface area contributed by atoms with Crippen molar-refractivity contribution in [3.8, 4) is 0 Å². The summed E-state index contributed by atoms with van der Waals surface area (Å²) in [4.78, 5) is 10.4.